The van der Waals surface area contributed by atoms with Gasteiger partial charge in [-0.15, -0.1) is 0 Å². The largest absolute Gasteiger partial charge is 0.493 e. The number of carbonyl (C=O) groups is 2. The lowest BCUT2D eigenvalue weighted by molar-refractivity contribution is -0.121. The van der Waals surface area contributed by atoms with Gasteiger partial charge >= 0.3 is 5.69 Å². The van der Waals surface area contributed by atoms with Gasteiger partial charge in [0.1, 0.15) is 12.3 Å². The minimum atomic E-state index is -0.728. The van der Waals surface area contributed by atoms with Crippen LogP contribution in [0.25, 0.3) is 10.9 Å². The van der Waals surface area contributed by atoms with E-state index in [1.54, 1.807) is 24.3 Å². The summed E-state index contributed by atoms with van der Waals surface area (Å²) in [6, 6.07) is 13.6. The monoisotopic (exact) mass is 520 g/mol. The van der Waals surface area contributed by atoms with E-state index in [4.69, 9.17) is 13.9 Å². The van der Waals surface area contributed by atoms with Gasteiger partial charge in [0.25, 0.3) is 5.56 Å². The first kappa shape index (κ1) is 26.3. The molecule has 198 valence electrons. The van der Waals surface area contributed by atoms with Crippen molar-refractivity contribution in [2.24, 2.45) is 0 Å². The van der Waals surface area contributed by atoms with Crippen LogP contribution in [0.2, 0.25) is 0 Å². The van der Waals surface area contributed by atoms with Crippen LogP contribution in [0, 0.1) is 6.92 Å². The normalized spacial score (nSPS) is 10.8. The van der Waals surface area contributed by atoms with Crippen molar-refractivity contribution >= 4 is 28.4 Å². The molecule has 0 radical (unpaired) electrons. The molecular formula is C27H28N4O7. The van der Waals surface area contributed by atoms with E-state index in [2.05, 4.69) is 10.6 Å². The summed E-state index contributed by atoms with van der Waals surface area (Å²) < 4.78 is 18.0. The van der Waals surface area contributed by atoms with Crippen molar-refractivity contribution in [2.75, 3.05) is 19.5 Å². The van der Waals surface area contributed by atoms with E-state index < -0.39 is 17.2 Å². The fourth-order valence-corrected chi connectivity index (χ4v) is 4.04. The Kier molecular flexibility index (Phi) is 7.95. The number of methoxy groups -OCH3 is 2. The highest BCUT2D eigenvalue weighted by Gasteiger charge is 2.19. The molecule has 11 heteroatoms. The Morgan fingerprint density at radius 1 is 0.947 bits per heavy atom. The second-order valence-electron chi connectivity index (χ2n) is 8.52. The molecular weight excluding hydrogens is 492 g/mol. The number of furan rings is 1. The summed E-state index contributed by atoms with van der Waals surface area (Å²) >= 11 is 0. The second-order valence-corrected chi connectivity index (χ2v) is 8.52. The highest BCUT2D eigenvalue weighted by Crippen LogP contribution is 2.30. The molecule has 2 N–H and O–H groups in total. The van der Waals surface area contributed by atoms with Crippen molar-refractivity contribution in [2.45, 2.75) is 33.0 Å². The van der Waals surface area contributed by atoms with Crippen molar-refractivity contribution in [3.63, 3.8) is 0 Å². The molecule has 11 nitrogen and oxygen atoms in total. The number of anilines is 1. The summed E-state index contributed by atoms with van der Waals surface area (Å²) in [4.78, 5) is 52.2. The molecule has 0 aliphatic carbocycles. The van der Waals surface area contributed by atoms with Crippen LogP contribution >= 0.6 is 0 Å². The molecule has 0 bridgehead atoms. The number of fused-ring (bicyclic) bond motifs is 1. The average Bonchev–Trinajstić information content (AvgIpc) is 3.44. The van der Waals surface area contributed by atoms with Crippen molar-refractivity contribution < 1.29 is 23.5 Å². The number of ether oxygens (including phenoxy) is 2. The van der Waals surface area contributed by atoms with Crippen LogP contribution in [0.3, 0.4) is 0 Å². The Labute approximate surface area is 217 Å². The van der Waals surface area contributed by atoms with Crippen molar-refractivity contribution in [3.8, 4) is 11.5 Å². The molecule has 0 aliphatic heterocycles. The van der Waals surface area contributed by atoms with Gasteiger partial charge in [0.05, 0.1) is 37.9 Å². The number of para-hydroxylation sites is 1. The minimum Gasteiger partial charge on any atom is -0.493 e. The van der Waals surface area contributed by atoms with Gasteiger partial charge in [-0.05, 0) is 36.8 Å². The first-order valence-corrected chi connectivity index (χ1v) is 11.9. The van der Waals surface area contributed by atoms with Crippen molar-refractivity contribution in [1.82, 2.24) is 14.5 Å². The van der Waals surface area contributed by atoms with Crippen LogP contribution < -0.4 is 31.4 Å². The van der Waals surface area contributed by atoms with Gasteiger partial charge < -0.3 is 24.5 Å². The van der Waals surface area contributed by atoms with Crippen molar-refractivity contribution in [3.05, 3.63) is 87.0 Å². The van der Waals surface area contributed by atoms with E-state index >= 15 is 0 Å². The number of aromatic nitrogens is 2. The first-order chi connectivity index (χ1) is 18.3. The summed E-state index contributed by atoms with van der Waals surface area (Å²) in [5.74, 6) is 0.323. The number of carbonyl (C=O) groups excluding carboxylic acids is 2. The highest BCUT2D eigenvalue weighted by molar-refractivity contribution is 5.92. The van der Waals surface area contributed by atoms with Crippen LogP contribution in [0.5, 0.6) is 11.5 Å². The maximum atomic E-state index is 13.5. The quantitative estimate of drug-likeness (QED) is 0.328. The molecule has 2 aromatic heterocycles. The lowest BCUT2D eigenvalue weighted by atomic mass is 10.2. The number of aryl methyl sites for hydroxylation is 1. The molecule has 0 saturated heterocycles. The molecule has 4 aromatic rings. The molecule has 0 aliphatic rings. The summed E-state index contributed by atoms with van der Waals surface area (Å²) in [5, 5.41) is 5.63. The maximum absolute atomic E-state index is 13.5. The van der Waals surface area contributed by atoms with Crippen LogP contribution in [0.1, 0.15) is 17.7 Å². The topological polar surface area (TPSA) is 134 Å². The van der Waals surface area contributed by atoms with E-state index in [1.807, 2.05) is 19.1 Å². The molecule has 38 heavy (non-hydrogen) atoms. The van der Waals surface area contributed by atoms with Gasteiger partial charge in [0, 0.05) is 24.7 Å². The molecule has 0 atom stereocenters. The predicted octanol–water partition coefficient (Wildman–Crippen LogP) is 2.43. The van der Waals surface area contributed by atoms with Crippen molar-refractivity contribution in [1.29, 1.82) is 0 Å². The van der Waals surface area contributed by atoms with E-state index in [1.165, 1.54) is 37.2 Å². The van der Waals surface area contributed by atoms with E-state index in [-0.39, 0.29) is 48.6 Å². The Hall–Kier alpha value is -4.80. The number of hydrogen-bond donors (Lipinski definition) is 2. The number of hydrogen-bond acceptors (Lipinski definition) is 7. The van der Waals surface area contributed by atoms with Gasteiger partial charge in [0.2, 0.25) is 11.8 Å². The molecule has 2 heterocycles. The van der Waals surface area contributed by atoms with Gasteiger partial charge in [-0.3, -0.25) is 23.5 Å². The Morgan fingerprint density at radius 2 is 1.68 bits per heavy atom. The van der Waals surface area contributed by atoms with Gasteiger partial charge in [0.15, 0.2) is 11.5 Å². The first-order valence-electron chi connectivity index (χ1n) is 11.9. The Morgan fingerprint density at radius 3 is 2.37 bits per heavy atom. The number of rotatable bonds is 10. The number of nitrogens with zero attached hydrogens (tertiary/aromatic N) is 2. The fourth-order valence-electron chi connectivity index (χ4n) is 4.04. The zero-order valence-electron chi connectivity index (χ0n) is 21.3. The molecule has 2 aromatic carbocycles. The van der Waals surface area contributed by atoms with Crippen LogP contribution in [-0.2, 0) is 29.2 Å². The van der Waals surface area contributed by atoms with Crippen LogP contribution in [-0.4, -0.2) is 35.2 Å². The Bertz CT molecular complexity index is 1590. The molecule has 0 saturated carbocycles. The summed E-state index contributed by atoms with van der Waals surface area (Å²) in [7, 11) is 2.86. The summed E-state index contributed by atoms with van der Waals surface area (Å²) in [6.45, 7) is 1.47. The SMILES string of the molecule is COc1cc2c(=O)n(CCC(=O)NCc3ccco3)c(=O)n(CC(=O)Nc3ccccc3C)c2cc1OC. The molecule has 0 unspecified atom stereocenters. The van der Waals surface area contributed by atoms with Crippen LogP contribution in [0.15, 0.2) is 68.8 Å². The molecule has 0 spiro atoms. The van der Waals surface area contributed by atoms with E-state index in [0.29, 0.717) is 17.2 Å². The standard InChI is InChI=1S/C27H28N4O7/c1-17-7-4-5-9-20(17)29-25(33)16-31-21-14-23(37-3)22(36-2)13-19(21)26(34)30(27(31)35)11-10-24(32)28-15-18-8-6-12-38-18/h4-9,12-14H,10-11,15-16H2,1-3H3,(H,28,32)(H,29,33). The summed E-state index contributed by atoms with van der Waals surface area (Å²) in [5.41, 5.74) is 0.329. The number of nitrogens with one attached hydrogen (secondary N) is 2. The van der Waals surface area contributed by atoms with Crippen LogP contribution in [0.4, 0.5) is 5.69 Å². The van der Waals surface area contributed by atoms with E-state index in [0.717, 1.165) is 10.1 Å². The van der Waals surface area contributed by atoms with Gasteiger partial charge in [-0.25, -0.2) is 4.79 Å². The molecule has 2 amide bonds. The third-order valence-corrected chi connectivity index (χ3v) is 6.05. The fraction of sp³-hybridized carbons (Fsp3) is 0.259. The average molecular weight is 521 g/mol. The smallest absolute Gasteiger partial charge is 0.331 e. The highest BCUT2D eigenvalue weighted by atomic mass is 16.5. The number of amides is 2. The maximum Gasteiger partial charge on any atom is 0.331 e. The molecule has 4 rings (SSSR count). The molecule has 0 fully saturated rings. The zero-order chi connectivity index (χ0) is 27.2. The third-order valence-electron chi connectivity index (χ3n) is 6.05. The van der Waals surface area contributed by atoms with Gasteiger partial charge in [-0.1, -0.05) is 18.2 Å². The lowest BCUT2D eigenvalue weighted by Crippen LogP contribution is -2.42. The summed E-state index contributed by atoms with van der Waals surface area (Å²) in [6.07, 6.45) is 1.36. The Balaban J connectivity index is 1.69. The number of benzene rings is 2. The zero-order valence-corrected chi connectivity index (χ0v) is 21.3. The third kappa shape index (κ3) is 5.61. The van der Waals surface area contributed by atoms with E-state index in [9.17, 15) is 19.2 Å². The lowest BCUT2D eigenvalue weighted by Gasteiger charge is -2.16. The minimum absolute atomic E-state index is 0.135. The predicted molar refractivity (Wildman–Crippen MR) is 141 cm³/mol. The second kappa shape index (κ2) is 11.5. The van der Waals surface area contributed by atoms with Gasteiger partial charge in [-0.2, -0.15) is 0 Å².